The molecule has 0 bridgehead atoms. The van der Waals surface area contributed by atoms with Crippen molar-refractivity contribution >= 4 is 22.4 Å². The molecule has 0 aliphatic carbocycles. The zero-order valence-corrected chi connectivity index (χ0v) is 15.9. The van der Waals surface area contributed by atoms with Crippen molar-refractivity contribution in [3.8, 4) is 5.75 Å². The standard InChI is InChI=1S/C16H26N2O3S.ClH/c1-12-8-13(2)16(21-4)15(9-12)22(19,20)18-7-5-6-14(11-18)10-17-3;/h8-9,14,17H,5-7,10-11H2,1-4H3;1H. The van der Waals surface area contributed by atoms with Crippen molar-refractivity contribution in [1.82, 2.24) is 9.62 Å². The summed E-state index contributed by atoms with van der Waals surface area (Å²) in [6, 6.07) is 3.65. The van der Waals surface area contributed by atoms with Crippen LogP contribution in [0.5, 0.6) is 5.75 Å². The third kappa shape index (κ3) is 4.38. The fourth-order valence-corrected chi connectivity index (χ4v) is 5.08. The van der Waals surface area contributed by atoms with Gasteiger partial charge in [0.1, 0.15) is 10.6 Å². The Bertz CT molecular complexity index is 632. The normalized spacial score (nSPS) is 19.2. The summed E-state index contributed by atoms with van der Waals surface area (Å²) < 4.78 is 33.1. The number of piperidine rings is 1. The van der Waals surface area contributed by atoms with Crippen LogP contribution in [-0.4, -0.2) is 46.5 Å². The van der Waals surface area contributed by atoms with Crippen molar-refractivity contribution in [1.29, 1.82) is 0 Å². The molecule has 1 aromatic carbocycles. The van der Waals surface area contributed by atoms with E-state index in [9.17, 15) is 8.42 Å². The molecule has 5 nitrogen and oxygen atoms in total. The van der Waals surface area contributed by atoms with Crippen molar-refractivity contribution < 1.29 is 13.2 Å². The summed E-state index contributed by atoms with van der Waals surface area (Å²) in [5.41, 5.74) is 1.78. The highest BCUT2D eigenvalue weighted by atomic mass is 35.5. The van der Waals surface area contributed by atoms with Gasteiger partial charge >= 0.3 is 0 Å². The van der Waals surface area contributed by atoms with Crippen LogP contribution in [0.1, 0.15) is 24.0 Å². The fourth-order valence-electron chi connectivity index (χ4n) is 3.21. The van der Waals surface area contributed by atoms with Crippen molar-refractivity contribution in [2.24, 2.45) is 5.92 Å². The Morgan fingerprint density at radius 3 is 2.65 bits per heavy atom. The second kappa shape index (κ2) is 8.33. The number of ether oxygens (including phenoxy) is 1. The molecule has 1 atom stereocenters. The minimum Gasteiger partial charge on any atom is -0.495 e. The summed E-state index contributed by atoms with van der Waals surface area (Å²) in [4.78, 5) is 0.289. The quantitative estimate of drug-likeness (QED) is 0.873. The summed E-state index contributed by atoms with van der Waals surface area (Å²) >= 11 is 0. The summed E-state index contributed by atoms with van der Waals surface area (Å²) in [5.74, 6) is 0.826. The Balaban J connectivity index is 0.00000264. The van der Waals surface area contributed by atoms with Crippen LogP contribution in [0.15, 0.2) is 17.0 Å². The lowest BCUT2D eigenvalue weighted by Gasteiger charge is -2.32. The van der Waals surface area contributed by atoms with Gasteiger partial charge in [0.25, 0.3) is 0 Å². The molecule has 1 aromatic rings. The molecule has 1 heterocycles. The molecule has 132 valence electrons. The molecule has 0 radical (unpaired) electrons. The third-order valence-electron chi connectivity index (χ3n) is 4.18. The molecule has 1 aliphatic rings. The monoisotopic (exact) mass is 362 g/mol. The maximum absolute atomic E-state index is 13.0. The van der Waals surface area contributed by atoms with Crippen molar-refractivity contribution in [2.45, 2.75) is 31.6 Å². The van der Waals surface area contributed by atoms with Crippen LogP contribution in [0.2, 0.25) is 0 Å². The molecule has 1 fully saturated rings. The van der Waals surface area contributed by atoms with Gasteiger partial charge in [-0.2, -0.15) is 4.31 Å². The number of rotatable bonds is 5. The second-order valence-electron chi connectivity index (χ2n) is 6.04. The first-order chi connectivity index (χ1) is 10.4. The van der Waals surface area contributed by atoms with E-state index in [0.29, 0.717) is 24.8 Å². The summed E-state index contributed by atoms with van der Waals surface area (Å²) in [5, 5.41) is 3.14. The highest BCUT2D eigenvalue weighted by Gasteiger charge is 2.32. The first-order valence-electron chi connectivity index (χ1n) is 7.70. The molecule has 1 N–H and O–H groups in total. The Morgan fingerprint density at radius 1 is 1.35 bits per heavy atom. The third-order valence-corrected chi connectivity index (χ3v) is 6.05. The summed E-state index contributed by atoms with van der Waals surface area (Å²) in [7, 11) is -0.0928. The lowest BCUT2D eigenvalue weighted by molar-refractivity contribution is 0.262. The second-order valence-corrected chi connectivity index (χ2v) is 7.95. The first-order valence-corrected chi connectivity index (χ1v) is 9.14. The molecule has 0 spiro atoms. The Hall–Kier alpha value is -0.820. The summed E-state index contributed by atoms with van der Waals surface area (Å²) in [6.07, 6.45) is 1.97. The molecule has 1 unspecified atom stereocenters. The minimum atomic E-state index is -3.52. The predicted octanol–water partition coefficient (Wildman–Crippen LogP) is 2.35. The molecule has 0 aromatic heterocycles. The average molecular weight is 363 g/mol. The van der Waals surface area contributed by atoms with E-state index in [1.807, 2.05) is 27.0 Å². The number of nitrogens with zero attached hydrogens (tertiary/aromatic N) is 1. The van der Waals surface area contributed by atoms with Gasteiger partial charge in [-0.05, 0) is 63.4 Å². The van der Waals surface area contributed by atoms with Gasteiger partial charge < -0.3 is 10.1 Å². The van der Waals surface area contributed by atoms with Gasteiger partial charge in [0.15, 0.2) is 0 Å². The van der Waals surface area contributed by atoms with Gasteiger partial charge in [-0.1, -0.05) is 6.07 Å². The number of nitrogens with one attached hydrogen (secondary N) is 1. The molecule has 7 heteroatoms. The number of hydrogen-bond acceptors (Lipinski definition) is 4. The maximum atomic E-state index is 13.0. The van der Waals surface area contributed by atoms with Gasteiger partial charge in [0.2, 0.25) is 10.0 Å². The van der Waals surface area contributed by atoms with E-state index < -0.39 is 10.0 Å². The lowest BCUT2D eigenvalue weighted by Crippen LogP contribution is -2.42. The Kier molecular flexibility index (Phi) is 7.32. The van der Waals surface area contributed by atoms with Gasteiger partial charge in [-0.3, -0.25) is 0 Å². The van der Waals surface area contributed by atoms with Gasteiger partial charge in [-0.15, -0.1) is 12.4 Å². The van der Waals surface area contributed by atoms with E-state index in [0.717, 1.165) is 30.5 Å². The van der Waals surface area contributed by atoms with E-state index in [4.69, 9.17) is 4.74 Å². The first kappa shape index (κ1) is 20.2. The van der Waals surface area contributed by atoms with Crippen molar-refractivity contribution in [3.63, 3.8) is 0 Å². The largest absolute Gasteiger partial charge is 0.495 e. The van der Waals surface area contributed by atoms with Gasteiger partial charge in [0, 0.05) is 13.1 Å². The molecule has 2 rings (SSSR count). The zero-order chi connectivity index (χ0) is 16.3. The van der Waals surface area contributed by atoms with Gasteiger partial charge in [0.05, 0.1) is 7.11 Å². The van der Waals surface area contributed by atoms with E-state index in [-0.39, 0.29) is 17.3 Å². The number of halogens is 1. The van der Waals surface area contributed by atoms with Crippen LogP contribution in [0, 0.1) is 19.8 Å². The number of sulfonamides is 1. The van der Waals surface area contributed by atoms with E-state index in [2.05, 4.69) is 5.32 Å². The van der Waals surface area contributed by atoms with Gasteiger partial charge in [-0.25, -0.2) is 8.42 Å². The van der Waals surface area contributed by atoms with E-state index >= 15 is 0 Å². The number of methoxy groups -OCH3 is 1. The average Bonchev–Trinajstić information content (AvgIpc) is 2.47. The molecular formula is C16H27ClN2O3S. The fraction of sp³-hybridized carbons (Fsp3) is 0.625. The Morgan fingerprint density at radius 2 is 2.04 bits per heavy atom. The number of aryl methyl sites for hydroxylation is 2. The number of hydrogen-bond donors (Lipinski definition) is 1. The molecule has 23 heavy (non-hydrogen) atoms. The SMILES string of the molecule is CNCC1CCCN(S(=O)(=O)c2cc(C)cc(C)c2OC)C1.Cl. The molecule has 0 amide bonds. The zero-order valence-electron chi connectivity index (χ0n) is 14.3. The lowest BCUT2D eigenvalue weighted by atomic mass is 10.00. The van der Waals surface area contributed by atoms with Crippen molar-refractivity contribution in [3.05, 3.63) is 23.3 Å². The maximum Gasteiger partial charge on any atom is 0.246 e. The summed E-state index contributed by atoms with van der Waals surface area (Å²) in [6.45, 7) is 5.78. The van der Waals surface area contributed by atoms with Crippen LogP contribution in [0.4, 0.5) is 0 Å². The van der Waals surface area contributed by atoms with Crippen LogP contribution in [-0.2, 0) is 10.0 Å². The highest BCUT2D eigenvalue weighted by Crippen LogP contribution is 2.33. The molecule has 0 saturated carbocycles. The minimum absolute atomic E-state index is 0. The molecule has 1 aliphatic heterocycles. The predicted molar refractivity (Wildman–Crippen MR) is 95.1 cm³/mol. The van der Waals surface area contributed by atoms with Crippen LogP contribution < -0.4 is 10.1 Å². The topological polar surface area (TPSA) is 58.6 Å². The number of benzene rings is 1. The smallest absolute Gasteiger partial charge is 0.246 e. The molecular weight excluding hydrogens is 336 g/mol. The molecule has 1 saturated heterocycles. The van der Waals surface area contributed by atoms with Crippen LogP contribution in [0.3, 0.4) is 0 Å². The van der Waals surface area contributed by atoms with Crippen LogP contribution >= 0.6 is 12.4 Å². The highest BCUT2D eigenvalue weighted by molar-refractivity contribution is 7.89. The van der Waals surface area contributed by atoms with Crippen molar-refractivity contribution in [2.75, 3.05) is 33.8 Å². The van der Waals surface area contributed by atoms with E-state index in [1.165, 1.54) is 7.11 Å². The van der Waals surface area contributed by atoms with E-state index in [1.54, 1.807) is 10.4 Å². The van der Waals surface area contributed by atoms with Crippen LogP contribution in [0.25, 0.3) is 0 Å². The Labute approximate surface area is 145 Å².